The molecule has 3 heteroatoms. The molecule has 0 amide bonds. The van der Waals surface area contributed by atoms with Crippen LogP contribution in [0.5, 0.6) is 5.75 Å². The van der Waals surface area contributed by atoms with Gasteiger partial charge in [0, 0.05) is 44.8 Å². The first kappa shape index (κ1) is 11.9. The van der Waals surface area contributed by atoms with Crippen LogP contribution in [0.4, 0.5) is 0 Å². The molecule has 1 N–H and O–H groups in total. The Balaban J connectivity index is 1.97. The van der Waals surface area contributed by atoms with Crippen LogP contribution in [0.3, 0.4) is 0 Å². The quantitative estimate of drug-likeness (QED) is 0.892. The molecule has 1 aliphatic heterocycles. The van der Waals surface area contributed by atoms with Crippen molar-refractivity contribution < 1.29 is 5.11 Å². The average molecular weight is 254 g/mol. The van der Waals surface area contributed by atoms with Crippen molar-refractivity contribution in [1.29, 1.82) is 0 Å². The summed E-state index contributed by atoms with van der Waals surface area (Å²) in [5, 5.41) is 11.3. The first-order valence-corrected chi connectivity index (χ1v) is 6.48. The predicted molar refractivity (Wildman–Crippen MR) is 78.1 cm³/mol. The molecule has 0 saturated carbocycles. The summed E-state index contributed by atoms with van der Waals surface area (Å²) in [5.74, 6) is 0.403. The van der Waals surface area contributed by atoms with Gasteiger partial charge in [0.05, 0.1) is 5.52 Å². The van der Waals surface area contributed by atoms with Gasteiger partial charge in [-0.2, -0.15) is 0 Å². The van der Waals surface area contributed by atoms with E-state index in [2.05, 4.69) is 36.4 Å². The summed E-state index contributed by atoms with van der Waals surface area (Å²) in [4.78, 5) is 2.15. The highest BCUT2D eigenvalue weighted by molar-refractivity contribution is 5.87. The highest BCUT2D eigenvalue weighted by Crippen LogP contribution is 2.31. The van der Waals surface area contributed by atoms with Gasteiger partial charge in [-0.1, -0.05) is 18.2 Å². The summed E-state index contributed by atoms with van der Waals surface area (Å²) in [6.07, 6.45) is 9.15. The lowest BCUT2D eigenvalue weighted by atomic mass is 10.0. The summed E-state index contributed by atoms with van der Waals surface area (Å²) < 4.78 is 2.02. The molecule has 0 unspecified atom stereocenters. The summed E-state index contributed by atoms with van der Waals surface area (Å²) in [5.41, 5.74) is 3.26. The Morgan fingerprint density at radius 2 is 2.05 bits per heavy atom. The van der Waals surface area contributed by atoms with Crippen LogP contribution in [-0.2, 0) is 13.5 Å². The van der Waals surface area contributed by atoms with Crippen molar-refractivity contribution in [3.8, 4) is 5.75 Å². The summed E-state index contributed by atoms with van der Waals surface area (Å²) in [6, 6.07) is 6.05. The molecule has 19 heavy (non-hydrogen) atoms. The second-order valence-electron chi connectivity index (χ2n) is 5.16. The maximum atomic E-state index is 10.4. The number of rotatable bonds is 2. The lowest BCUT2D eigenvalue weighted by Gasteiger charge is -2.18. The molecular weight excluding hydrogens is 236 g/mol. The molecule has 1 aromatic carbocycles. The average Bonchev–Trinajstić information content (AvgIpc) is 2.76. The number of likely N-dealkylation sites (N-methyl/N-ethyl adjacent to an activating group) is 1. The third-order valence-corrected chi connectivity index (χ3v) is 3.63. The molecule has 1 aromatic heterocycles. The topological polar surface area (TPSA) is 28.4 Å². The number of aromatic hydroxyl groups is 1. The number of aryl methyl sites for hydroxylation is 1. The lowest BCUT2D eigenvalue weighted by Crippen LogP contribution is -2.14. The van der Waals surface area contributed by atoms with E-state index in [1.165, 1.54) is 5.57 Å². The molecule has 3 rings (SSSR count). The van der Waals surface area contributed by atoms with Gasteiger partial charge in [0.1, 0.15) is 5.75 Å². The number of aromatic nitrogens is 1. The van der Waals surface area contributed by atoms with E-state index in [1.807, 2.05) is 29.9 Å². The van der Waals surface area contributed by atoms with Crippen molar-refractivity contribution in [2.75, 3.05) is 13.6 Å². The monoisotopic (exact) mass is 254 g/mol. The van der Waals surface area contributed by atoms with E-state index >= 15 is 0 Å². The van der Waals surface area contributed by atoms with Gasteiger partial charge in [-0.3, -0.25) is 0 Å². The maximum Gasteiger partial charge on any atom is 0.128 e. The normalized spacial score (nSPS) is 15.1. The zero-order chi connectivity index (χ0) is 13.4. The second kappa shape index (κ2) is 4.50. The molecule has 98 valence electrons. The molecule has 0 atom stereocenters. The van der Waals surface area contributed by atoms with E-state index < -0.39 is 0 Å². The largest absolute Gasteiger partial charge is 0.507 e. The standard InChI is InChI=1S/C16H18N2O/c1-17-8-3-4-12(11-17)10-13-5-6-15-14(16(13)19)7-9-18(15)2/h3-7,9,11,19H,8,10H2,1-2H3. The SMILES string of the molecule is CN1C=C(Cc2ccc3c(ccn3C)c2O)C=CC1. The highest BCUT2D eigenvalue weighted by Gasteiger charge is 2.10. The zero-order valence-electron chi connectivity index (χ0n) is 11.3. The van der Waals surface area contributed by atoms with Gasteiger partial charge in [-0.25, -0.2) is 0 Å². The minimum absolute atomic E-state index is 0.403. The Labute approximate surface area is 113 Å². The van der Waals surface area contributed by atoms with Crippen LogP contribution in [-0.4, -0.2) is 28.2 Å². The van der Waals surface area contributed by atoms with Crippen molar-refractivity contribution in [2.45, 2.75) is 6.42 Å². The Morgan fingerprint density at radius 1 is 1.21 bits per heavy atom. The third-order valence-electron chi connectivity index (χ3n) is 3.63. The maximum absolute atomic E-state index is 10.4. The Hall–Kier alpha value is -2.16. The molecule has 0 spiro atoms. The van der Waals surface area contributed by atoms with E-state index in [1.54, 1.807) is 0 Å². The molecule has 0 fully saturated rings. The van der Waals surface area contributed by atoms with Gasteiger partial charge in [0.2, 0.25) is 0 Å². The van der Waals surface area contributed by atoms with Crippen LogP contribution in [0.1, 0.15) is 5.56 Å². The molecule has 2 aromatic rings. The number of fused-ring (bicyclic) bond motifs is 1. The fourth-order valence-electron chi connectivity index (χ4n) is 2.60. The Bertz CT molecular complexity index is 679. The number of allylic oxidation sites excluding steroid dienone is 2. The number of benzene rings is 1. The summed E-state index contributed by atoms with van der Waals surface area (Å²) >= 11 is 0. The fraction of sp³-hybridized carbons (Fsp3) is 0.250. The van der Waals surface area contributed by atoms with E-state index in [-0.39, 0.29) is 0 Å². The Kier molecular flexibility index (Phi) is 2.82. The van der Waals surface area contributed by atoms with Crippen molar-refractivity contribution in [2.24, 2.45) is 7.05 Å². The van der Waals surface area contributed by atoms with Gasteiger partial charge in [0.15, 0.2) is 0 Å². The van der Waals surface area contributed by atoms with Gasteiger partial charge in [-0.05, 0) is 23.3 Å². The van der Waals surface area contributed by atoms with Crippen molar-refractivity contribution in [3.63, 3.8) is 0 Å². The van der Waals surface area contributed by atoms with E-state index in [0.717, 1.165) is 29.4 Å². The number of phenols is 1. The van der Waals surface area contributed by atoms with Crippen LogP contribution in [0, 0.1) is 0 Å². The highest BCUT2D eigenvalue weighted by atomic mass is 16.3. The van der Waals surface area contributed by atoms with Crippen LogP contribution >= 0.6 is 0 Å². The molecule has 0 saturated heterocycles. The van der Waals surface area contributed by atoms with E-state index in [0.29, 0.717) is 5.75 Å². The summed E-state index contributed by atoms with van der Waals surface area (Å²) in [6.45, 7) is 0.952. The van der Waals surface area contributed by atoms with E-state index in [9.17, 15) is 5.11 Å². The number of nitrogens with zero attached hydrogens (tertiary/aromatic N) is 2. The van der Waals surface area contributed by atoms with Gasteiger partial charge >= 0.3 is 0 Å². The molecule has 2 heterocycles. The smallest absolute Gasteiger partial charge is 0.128 e. The van der Waals surface area contributed by atoms with Crippen molar-refractivity contribution in [3.05, 3.63) is 53.9 Å². The number of phenolic OH excluding ortho intramolecular Hbond substituents is 1. The molecule has 0 aliphatic carbocycles. The molecule has 0 radical (unpaired) electrons. The first-order valence-electron chi connectivity index (χ1n) is 6.48. The van der Waals surface area contributed by atoms with Crippen LogP contribution in [0.15, 0.2) is 48.3 Å². The number of hydrogen-bond donors (Lipinski definition) is 1. The molecule has 1 aliphatic rings. The van der Waals surface area contributed by atoms with Gasteiger partial charge < -0.3 is 14.6 Å². The minimum Gasteiger partial charge on any atom is -0.507 e. The van der Waals surface area contributed by atoms with Gasteiger partial charge in [-0.15, -0.1) is 0 Å². The van der Waals surface area contributed by atoms with Crippen molar-refractivity contribution in [1.82, 2.24) is 9.47 Å². The first-order chi connectivity index (χ1) is 9.15. The fourth-order valence-corrected chi connectivity index (χ4v) is 2.60. The third kappa shape index (κ3) is 2.12. The number of hydrogen-bond acceptors (Lipinski definition) is 2. The predicted octanol–water partition coefficient (Wildman–Crippen LogP) is 2.81. The van der Waals surface area contributed by atoms with Crippen LogP contribution < -0.4 is 0 Å². The van der Waals surface area contributed by atoms with Crippen LogP contribution in [0.25, 0.3) is 10.9 Å². The minimum atomic E-state index is 0.403. The second-order valence-corrected chi connectivity index (χ2v) is 5.16. The zero-order valence-corrected chi connectivity index (χ0v) is 11.3. The van der Waals surface area contributed by atoms with Crippen molar-refractivity contribution >= 4 is 10.9 Å². The Morgan fingerprint density at radius 3 is 2.84 bits per heavy atom. The summed E-state index contributed by atoms with van der Waals surface area (Å²) in [7, 11) is 4.05. The van der Waals surface area contributed by atoms with E-state index in [4.69, 9.17) is 0 Å². The molecule has 0 bridgehead atoms. The van der Waals surface area contributed by atoms with Gasteiger partial charge in [0.25, 0.3) is 0 Å². The molecular formula is C16H18N2O. The molecule has 3 nitrogen and oxygen atoms in total. The van der Waals surface area contributed by atoms with Crippen LogP contribution in [0.2, 0.25) is 0 Å². The lowest BCUT2D eigenvalue weighted by molar-refractivity contribution is 0.474.